The van der Waals surface area contributed by atoms with Crippen LogP contribution in [-0.2, 0) is 9.53 Å². The van der Waals surface area contributed by atoms with Gasteiger partial charge >= 0.3 is 12.0 Å². The van der Waals surface area contributed by atoms with Crippen molar-refractivity contribution in [2.45, 2.75) is 12.1 Å². The zero-order valence-corrected chi connectivity index (χ0v) is 15.3. The second kappa shape index (κ2) is 8.08. The number of rotatable bonds is 4. The van der Waals surface area contributed by atoms with Crippen LogP contribution < -0.4 is 10.6 Å². The Morgan fingerprint density at radius 3 is 2.21 bits per heavy atom. The Morgan fingerprint density at radius 2 is 1.61 bits per heavy atom. The predicted octanol–water partition coefficient (Wildman–Crippen LogP) is 3.06. The van der Waals surface area contributed by atoms with Crippen molar-refractivity contribution >= 4 is 29.3 Å². The largest absolute Gasteiger partial charge is 0.467 e. The van der Waals surface area contributed by atoms with Gasteiger partial charge in [-0.1, -0.05) is 18.2 Å². The highest BCUT2D eigenvalue weighted by Crippen LogP contribution is 2.28. The van der Waals surface area contributed by atoms with E-state index in [0.717, 1.165) is 7.11 Å². The number of carbonyl (C=O) groups is 3. The standard InChI is InChI=1S/C20H20FN3O4/c1-28-18(26)20(21)11-12-24(13-20)17(25)14-7-9-16(10-8-14)23-19(27)22-15-5-3-2-4-6-15/h2-10H,11-13H2,1H3,(H2,22,23,27)/t20-/m0/s1. The van der Waals surface area contributed by atoms with Gasteiger partial charge in [0.2, 0.25) is 5.67 Å². The number of hydrogen-bond donors (Lipinski definition) is 2. The van der Waals surface area contributed by atoms with Gasteiger partial charge in [0, 0.05) is 29.9 Å². The highest BCUT2D eigenvalue weighted by atomic mass is 19.1. The van der Waals surface area contributed by atoms with Crippen LogP contribution in [0.5, 0.6) is 0 Å². The van der Waals surface area contributed by atoms with E-state index < -0.39 is 17.7 Å². The number of nitrogens with one attached hydrogen (secondary N) is 2. The normalized spacial score (nSPS) is 18.4. The molecule has 1 heterocycles. The van der Waals surface area contributed by atoms with Crippen molar-refractivity contribution in [3.63, 3.8) is 0 Å². The van der Waals surface area contributed by atoms with Crippen molar-refractivity contribution in [3.05, 3.63) is 60.2 Å². The van der Waals surface area contributed by atoms with Crippen molar-refractivity contribution < 1.29 is 23.5 Å². The van der Waals surface area contributed by atoms with E-state index in [1.165, 1.54) is 17.0 Å². The van der Waals surface area contributed by atoms with Crippen LogP contribution in [0.4, 0.5) is 20.6 Å². The Bertz CT molecular complexity index is 873. The van der Waals surface area contributed by atoms with Gasteiger partial charge in [-0.15, -0.1) is 0 Å². The maximum absolute atomic E-state index is 14.5. The fourth-order valence-electron chi connectivity index (χ4n) is 2.99. The first-order valence-corrected chi connectivity index (χ1v) is 8.71. The van der Waals surface area contributed by atoms with Crippen LogP contribution >= 0.6 is 0 Å². The molecule has 1 fully saturated rings. The number of nitrogens with zero attached hydrogens (tertiary/aromatic N) is 1. The van der Waals surface area contributed by atoms with Gasteiger partial charge in [0.25, 0.3) is 5.91 Å². The Balaban J connectivity index is 1.59. The lowest BCUT2D eigenvalue weighted by atomic mass is 10.1. The van der Waals surface area contributed by atoms with Crippen LogP contribution in [0.15, 0.2) is 54.6 Å². The fourth-order valence-corrected chi connectivity index (χ4v) is 2.99. The van der Waals surface area contributed by atoms with Crippen LogP contribution in [-0.4, -0.2) is 48.7 Å². The maximum atomic E-state index is 14.5. The second-order valence-electron chi connectivity index (χ2n) is 6.46. The number of ether oxygens (including phenoxy) is 1. The highest BCUT2D eigenvalue weighted by Gasteiger charge is 2.47. The summed E-state index contributed by atoms with van der Waals surface area (Å²) in [5.41, 5.74) is -0.674. The van der Waals surface area contributed by atoms with Gasteiger partial charge in [0.05, 0.1) is 13.7 Å². The van der Waals surface area contributed by atoms with E-state index in [1.807, 2.05) is 6.07 Å². The molecular weight excluding hydrogens is 365 g/mol. The molecule has 1 aliphatic rings. The number of methoxy groups -OCH3 is 1. The monoisotopic (exact) mass is 385 g/mol. The molecule has 0 unspecified atom stereocenters. The van der Waals surface area contributed by atoms with Crippen LogP contribution in [0.2, 0.25) is 0 Å². The Morgan fingerprint density at radius 1 is 1.00 bits per heavy atom. The first-order valence-electron chi connectivity index (χ1n) is 8.71. The molecule has 7 nitrogen and oxygen atoms in total. The third kappa shape index (κ3) is 4.28. The smallest absolute Gasteiger partial charge is 0.345 e. The number of esters is 1. The minimum absolute atomic E-state index is 0.0925. The van der Waals surface area contributed by atoms with Gasteiger partial charge in [0.1, 0.15) is 0 Å². The minimum atomic E-state index is -2.17. The van der Waals surface area contributed by atoms with Crippen molar-refractivity contribution in [3.8, 4) is 0 Å². The van der Waals surface area contributed by atoms with E-state index in [1.54, 1.807) is 36.4 Å². The number of urea groups is 1. The third-order valence-electron chi connectivity index (χ3n) is 4.48. The molecule has 0 aliphatic carbocycles. The number of benzene rings is 2. The fraction of sp³-hybridized carbons (Fsp3) is 0.250. The summed E-state index contributed by atoms with van der Waals surface area (Å²) in [6, 6.07) is 14.8. The minimum Gasteiger partial charge on any atom is -0.467 e. The van der Waals surface area contributed by atoms with Gasteiger partial charge in [-0.2, -0.15) is 0 Å². The highest BCUT2D eigenvalue weighted by molar-refractivity contribution is 6.00. The molecule has 3 rings (SSSR count). The number of likely N-dealkylation sites (tertiary alicyclic amines) is 1. The molecule has 28 heavy (non-hydrogen) atoms. The molecule has 8 heteroatoms. The van der Waals surface area contributed by atoms with Gasteiger partial charge < -0.3 is 20.3 Å². The lowest BCUT2D eigenvalue weighted by Crippen LogP contribution is -2.39. The first-order chi connectivity index (χ1) is 13.4. The summed E-state index contributed by atoms with van der Waals surface area (Å²) < 4.78 is 19.0. The average Bonchev–Trinajstić information content (AvgIpc) is 3.11. The summed E-state index contributed by atoms with van der Waals surface area (Å²) in [5, 5.41) is 5.35. The lowest BCUT2D eigenvalue weighted by Gasteiger charge is -2.19. The lowest BCUT2D eigenvalue weighted by molar-refractivity contribution is -0.153. The van der Waals surface area contributed by atoms with Gasteiger partial charge in [-0.05, 0) is 36.4 Å². The molecule has 2 aromatic rings. The van der Waals surface area contributed by atoms with Crippen molar-refractivity contribution in [1.82, 2.24) is 4.90 Å². The molecular formula is C20H20FN3O4. The van der Waals surface area contributed by atoms with E-state index in [-0.39, 0.29) is 25.4 Å². The third-order valence-corrected chi connectivity index (χ3v) is 4.48. The quantitative estimate of drug-likeness (QED) is 0.792. The van der Waals surface area contributed by atoms with E-state index in [2.05, 4.69) is 15.4 Å². The number of alkyl halides is 1. The Kier molecular flexibility index (Phi) is 5.58. The first kappa shape index (κ1) is 19.3. The molecule has 1 saturated heterocycles. The van der Waals surface area contributed by atoms with Crippen LogP contribution in [0, 0.1) is 0 Å². The Hall–Kier alpha value is -3.42. The summed E-state index contributed by atoms with van der Waals surface area (Å²) >= 11 is 0. The summed E-state index contributed by atoms with van der Waals surface area (Å²) in [4.78, 5) is 37.3. The molecule has 1 aliphatic heterocycles. The molecule has 2 aromatic carbocycles. The SMILES string of the molecule is COC(=O)[C@]1(F)CCN(C(=O)c2ccc(NC(=O)Nc3ccccc3)cc2)C1. The number of amides is 3. The summed E-state index contributed by atoms with van der Waals surface area (Å²) in [6.45, 7) is -0.206. The Labute approximate surface area is 161 Å². The van der Waals surface area contributed by atoms with Gasteiger partial charge in [-0.25, -0.2) is 14.0 Å². The van der Waals surface area contributed by atoms with E-state index in [9.17, 15) is 18.8 Å². The van der Waals surface area contributed by atoms with Crippen LogP contribution in [0.25, 0.3) is 0 Å². The van der Waals surface area contributed by atoms with E-state index in [0.29, 0.717) is 16.9 Å². The number of hydrogen-bond acceptors (Lipinski definition) is 4. The topological polar surface area (TPSA) is 87.7 Å². The molecule has 0 spiro atoms. The number of carbonyl (C=O) groups excluding carboxylic acids is 3. The number of halogens is 1. The second-order valence-corrected chi connectivity index (χ2v) is 6.46. The van der Waals surface area contributed by atoms with E-state index in [4.69, 9.17) is 0 Å². The van der Waals surface area contributed by atoms with Crippen LogP contribution in [0.3, 0.4) is 0 Å². The molecule has 0 bridgehead atoms. The zero-order chi connectivity index (χ0) is 20.1. The molecule has 146 valence electrons. The van der Waals surface area contributed by atoms with E-state index >= 15 is 0 Å². The summed E-state index contributed by atoms with van der Waals surface area (Å²) in [7, 11) is 1.12. The van der Waals surface area contributed by atoms with Crippen molar-refractivity contribution in [2.75, 3.05) is 30.8 Å². The average molecular weight is 385 g/mol. The molecule has 0 aromatic heterocycles. The summed E-state index contributed by atoms with van der Waals surface area (Å²) in [6.07, 6.45) is -0.0925. The maximum Gasteiger partial charge on any atom is 0.345 e. The molecule has 1 atom stereocenters. The predicted molar refractivity (Wildman–Crippen MR) is 102 cm³/mol. The number of anilines is 2. The van der Waals surface area contributed by atoms with Gasteiger partial charge in [-0.3, -0.25) is 4.79 Å². The molecule has 3 amide bonds. The van der Waals surface area contributed by atoms with Crippen molar-refractivity contribution in [1.29, 1.82) is 0 Å². The molecule has 0 saturated carbocycles. The van der Waals surface area contributed by atoms with Gasteiger partial charge in [0.15, 0.2) is 0 Å². The number of para-hydroxylation sites is 1. The summed E-state index contributed by atoms with van der Waals surface area (Å²) in [5.74, 6) is -1.35. The zero-order valence-electron chi connectivity index (χ0n) is 15.3. The van der Waals surface area contributed by atoms with Crippen LogP contribution in [0.1, 0.15) is 16.8 Å². The molecule has 2 N–H and O–H groups in total. The van der Waals surface area contributed by atoms with Crippen molar-refractivity contribution in [2.24, 2.45) is 0 Å². The molecule has 0 radical (unpaired) electrons.